The van der Waals surface area contributed by atoms with Crippen molar-refractivity contribution in [3.63, 3.8) is 0 Å². The monoisotopic (exact) mass is 411 g/mol. The standard InChI is InChI=1S/C22H27FN6O/c1-16(2)21(22-24-25-26-29(22)15-17-3-5-18(23)6-4-17)28-13-11-27(12-14-28)19-7-9-20(30)10-8-19/h3-10,16,21,30H,11-15H2,1-2H3/p+1/t21-/m1/s1. The molecule has 1 aliphatic rings. The minimum absolute atomic E-state index is 0.183. The first-order valence-corrected chi connectivity index (χ1v) is 10.4. The third kappa shape index (κ3) is 4.43. The van der Waals surface area contributed by atoms with Gasteiger partial charge in [-0.2, -0.15) is 0 Å². The van der Waals surface area contributed by atoms with Crippen LogP contribution in [0.2, 0.25) is 0 Å². The van der Waals surface area contributed by atoms with Gasteiger partial charge in [-0.1, -0.05) is 26.0 Å². The van der Waals surface area contributed by atoms with Crippen LogP contribution in [0.1, 0.15) is 31.3 Å². The molecule has 0 bridgehead atoms. The Morgan fingerprint density at radius 2 is 1.70 bits per heavy atom. The number of quaternary nitrogens is 1. The molecule has 2 N–H and O–H groups in total. The molecule has 2 heterocycles. The first-order chi connectivity index (χ1) is 14.5. The summed E-state index contributed by atoms with van der Waals surface area (Å²) in [4.78, 5) is 3.82. The highest BCUT2D eigenvalue weighted by atomic mass is 19.1. The zero-order valence-electron chi connectivity index (χ0n) is 17.4. The number of nitrogens with zero attached hydrogens (tertiary/aromatic N) is 5. The molecule has 158 valence electrons. The average Bonchev–Trinajstić information content (AvgIpc) is 3.18. The minimum Gasteiger partial charge on any atom is -0.508 e. The summed E-state index contributed by atoms with van der Waals surface area (Å²) in [6.45, 7) is 8.77. The second-order valence-electron chi connectivity index (χ2n) is 8.20. The Labute approximate surface area is 175 Å². The zero-order valence-corrected chi connectivity index (χ0v) is 17.4. The van der Waals surface area contributed by atoms with E-state index >= 15 is 0 Å². The van der Waals surface area contributed by atoms with Crippen molar-refractivity contribution >= 4 is 5.69 Å². The highest BCUT2D eigenvalue weighted by molar-refractivity contribution is 5.48. The van der Waals surface area contributed by atoms with Crippen LogP contribution < -0.4 is 9.80 Å². The molecular weight excluding hydrogens is 383 g/mol. The maximum Gasteiger partial charge on any atom is 0.209 e. The molecule has 0 aliphatic carbocycles. The number of hydrogen-bond donors (Lipinski definition) is 2. The number of halogens is 1. The molecule has 0 amide bonds. The van der Waals surface area contributed by atoms with E-state index in [0.717, 1.165) is 43.3 Å². The topological polar surface area (TPSA) is 71.5 Å². The van der Waals surface area contributed by atoms with Crippen LogP contribution in [0.5, 0.6) is 5.75 Å². The summed E-state index contributed by atoms with van der Waals surface area (Å²) in [5.41, 5.74) is 2.11. The van der Waals surface area contributed by atoms with Crippen molar-refractivity contribution in [1.29, 1.82) is 0 Å². The van der Waals surface area contributed by atoms with Gasteiger partial charge in [-0.3, -0.25) is 0 Å². The summed E-state index contributed by atoms with van der Waals surface area (Å²) < 4.78 is 15.1. The lowest BCUT2D eigenvalue weighted by atomic mass is 10.0. The number of aromatic hydroxyl groups is 1. The number of anilines is 1. The molecule has 30 heavy (non-hydrogen) atoms. The lowest BCUT2D eigenvalue weighted by Gasteiger charge is -2.38. The lowest BCUT2D eigenvalue weighted by molar-refractivity contribution is -0.937. The van der Waals surface area contributed by atoms with Crippen LogP contribution in [-0.2, 0) is 6.54 Å². The van der Waals surface area contributed by atoms with Crippen LogP contribution in [0.25, 0.3) is 0 Å². The second-order valence-corrected chi connectivity index (χ2v) is 8.20. The third-order valence-electron chi connectivity index (χ3n) is 5.81. The van der Waals surface area contributed by atoms with Crippen molar-refractivity contribution in [2.24, 2.45) is 5.92 Å². The molecule has 0 spiro atoms. The highest BCUT2D eigenvalue weighted by Gasteiger charge is 2.35. The first kappa shape index (κ1) is 20.3. The summed E-state index contributed by atoms with van der Waals surface area (Å²) in [7, 11) is 0. The Balaban J connectivity index is 1.48. The Morgan fingerprint density at radius 1 is 1.03 bits per heavy atom. The van der Waals surface area contributed by atoms with Crippen molar-refractivity contribution in [1.82, 2.24) is 20.2 Å². The van der Waals surface area contributed by atoms with Gasteiger partial charge >= 0.3 is 0 Å². The van der Waals surface area contributed by atoms with Crippen LogP contribution in [0.4, 0.5) is 10.1 Å². The van der Waals surface area contributed by atoms with Gasteiger partial charge in [0.05, 0.1) is 32.7 Å². The van der Waals surface area contributed by atoms with E-state index in [9.17, 15) is 9.50 Å². The number of hydrogen-bond acceptors (Lipinski definition) is 5. The second kappa shape index (κ2) is 8.79. The fourth-order valence-corrected chi connectivity index (χ4v) is 4.29. The van der Waals surface area contributed by atoms with Gasteiger partial charge in [0, 0.05) is 11.6 Å². The predicted octanol–water partition coefficient (Wildman–Crippen LogP) is 1.67. The summed E-state index contributed by atoms with van der Waals surface area (Å²) in [6.07, 6.45) is 0. The number of phenolic OH excluding ortho intramolecular Hbond substituents is 1. The van der Waals surface area contributed by atoms with Crippen LogP contribution in [0.3, 0.4) is 0 Å². The summed E-state index contributed by atoms with van der Waals surface area (Å²) in [5, 5.41) is 22.1. The molecule has 1 fully saturated rings. The summed E-state index contributed by atoms with van der Waals surface area (Å²) in [5.74, 6) is 1.29. The molecule has 3 aromatic rings. The van der Waals surface area contributed by atoms with Crippen molar-refractivity contribution < 1.29 is 14.4 Å². The highest BCUT2D eigenvalue weighted by Crippen LogP contribution is 2.20. The van der Waals surface area contributed by atoms with E-state index in [1.54, 1.807) is 24.3 Å². The van der Waals surface area contributed by atoms with Gasteiger partial charge in [-0.05, 0) is 52.4 Å². The molecule has 2 aromatic carbocycles. The molecule has 1 saturated heterocycles. The van der Waals surface area contributed by atoms with Gasteiger partial charge in [-0.15, -0.1) is 5.10 Å². The summed E-state index contributed by atoms with van der Waals surface area (Å²) in [6, 6.07) is 14.0. The Hall–Kier alpha value is -3.00. The van der Waals surface area contributed by atoms with Gasteiger partial charge in [0.2, 0.25) is 5.82 Å². The smallest absolute Gasteiger partial charge is 0.209 e. The lowest BCUT2D eigenvalue weighted by Crippen LogP contribution is -3.15. The number of piperazine rings is 1. The Kier molecular flexibility index (Phi) is 5.94. The Morgan fingerprint density at radius 3 is 2.33 bits per heavy atom. The minimum atomic E-state index is -0.244. The van der Waals surface area contributed by atoms with E-state index in [4.69, 9.17) is 0 Å². The molecule has 4 rings (SSSR count). The van der Waals surface area contributed by atoms with E-state index in [-0.39, 0.29) is 17.6 Å². The number of benzene rings is 2. The molecule has 0 unspecified atom stereocenters. The molecule has 1 aromatic heterocycles. The molecule has 1 aliphatic heterocycles. The number of nitrogens with one attached hydrogen (secondary N) is 1. The van der Waals surface area contributed by atoms with Gasteiger partial charge in [0.1, 0.15) is 11.6 Å². The zero-order chi connectivity index (χ0) is 21.1. The van der Waals surface area contributed by atoms with Gasteiger partial charge in [-0.25, -0.2) is 9.07 Å². The number of aromatic nitrogens is 4. The van der Waals surface area contributed by atoms with Crippen molar-refractivity contribution in [3.05, 3.63) is 65.7 Å². The van der Waals surface area contributed by atoms with Crippen molar-refractivity contribution in [2.45, 2.75) is 26.4 Å². The molecule has 8 heteroatoms. The molecule has 1 atom stereocenters. The number of rotatable bonds is 6. The number of tetrazole rings is 1. The largest absolute Gasteiger partial charge is 0.508 e. The van der Waals surface area contributed by atoms with E-state index in [0.29, 0.717) is 12.5 Å². The molecule has 0 radical (unpaired) electrons. The quantitative estimate of drug-likeness (QED) is 0.646. The van der Waals surface area contributed by atoms with Gasteiger partial charge < -0.3 is 14.9 Å². The van der Waals surface area contributed by atoms with E-state index in [1.807, 2.05) is 16.8 Å². The summed E-state index contributed by atoms with van der Waals surface area (Å²) >= 11 is 0. The predicted molar refractivity (Wildman–Crippen MR) is 112 cm³/mol. The van der Waals surface area contributed by atoms with Crippen molar-refractivity contribution in [3.8, 4) is 5.75 Å². The van der Waals surface area contributed by atoms with Crippen LogP contribution >= 0.6 is 0 Å². The molecular formula is C22H28FN6O+. The fraction of sp³-hybridized carbons (Fsp3) is 0.409. The van der Waals surface area contributed by atoms with Gasteiger partial charge in [0.15, 0.2) is 6.04 Å². The first-order valence-electron chi connectivity index (χ1n) is 10.4. The van der Waals surface area contributed by atoms with Gasteiger partial charge in [0.25, 0.3) is 0 Å². The average molecular weight is 412 g/mol. The van der Waals surface area contributed by atoms with E-state index in [2.05, 4.69) is 34.3 Å². The number of phenols is 1. The Bertz CT molecular complexity index is 949. The third-order valence-corrected chi connectivity index (χ3v) is 5.81. The maximum atomic E-state index is 13.2. The van der Waals surface area contributed by atoms with Crippen LogP contribution in [0, 0.1) is 11.7 Å². The van der Waals surface area contributed by atoms with Crippen LogP contribution in [-0.4, -0.2) is 51.5 Å². The maximum absolute atomic E-state index is 13.2. The van der Waals surface area contributed by atoms with E-state index in [1.165, 1.54) is 17.0 Å². The molecule has 7 nitrogen and oxygen atoms in total. The molecule has 0 saturated carbocycles. The SMILES string of the molecule is CC(C)[C@H](c1nnnn1Cc1ccc(F)cc1)[NH+]1CCN(c2ccc(O)cc2)CC1. The normalized spacial score (nSPS) is 16.2. The van der Waals surface area contributed by atoms with Crippen molar-refractivity contribution in [2.75, 3.05) is 31.1 Å². The fourth-order valence-electron chi connectivity index (χ4n) is 4.29. The van der Waals surface area contributed by atoms with Crippen LogP contribution in [0.15, 0.2) is 48.5 Å². The van der Waals surface area contributed by atoms with E-state index < -0.39 is 0 Å².